The molecule has 1 saturated heterocycles. The van der Waals surface area contributed by atoms with Gasteiger partial charge in [-0.15, -0.1) is 0 Å². The minimum Gasteiger partial charge on any atom is -0.340 e. The van der Waals surface area contributed by atoms with Crippen molar-refractivity contribution in [3.05, 3.63) is 30.1 Å². The summed E-state index contributed by atoms with van der Waals surface area (Å²) in [7, 11) is -3.76. The molecule has 1 heterocycles. The maximum absolute atomic E-state index is 13.1. The van der Waals surface area contributed by atoms with Crippen molar-refractivity contribution in [1.82, 2.24) is 14.5 Å². The average molecular weight is 386 g/mol. The van der Waals surface area contributed by atoms with Gasteiger partial charge in [-0.1, -0.05) is 13.8 Å². The molecule has 0 spiro atoms. The lowest BCUT2D eigenvalue weighted by molar-refractivity contribution is -0.131. The van der Waals surface area contributed by atoms with Crippen LogP contribution in [0.15, 0.2) is 29.2 Å². The van der Waals surface area contributed by atoms with E-state index in [9.17, 15) is 17.6 Å². The van der Waals surface area contributed by atoms with Gasteiger partial charge in [0.1, 0.15) is 5.82 Å². The molecule has 8 heteroatoms. The second-order valence-electron chi connectivity index (χ2n) is 6.92. The van der Waals surface area contributed by atoms with Crippen LogP contribution in [0.1, 0.15) is 26.7 Å². The van der Waals surface area contributed by atoms with Crippen LogP contribution in [0.25, 0.3) is 0 Å². The number of hydrogen-bond donors (Lipinski definition) is 1. The van der Waals surface area contributed by atoms with Gasteiger partial charge in [-0.05, 0) is 36.6 Å². The Balaban J connectivity index is 2.08. The first-order chi connectivity index (χ1) is 12.3. The van der Waals surface area contributed by atoms with Gasteiger partial charge in [0.2, 0.25) is 15.9 Å². The summed E-state index contributed by atoms with van der Waals surface area (Å²) in [4.78, 5) is 14.2. The zero-order chi connectivity index (χ0) is 19.2. The van der Waals surface area contributed by atoms with Crippen molar-refractivity contribution in [2.75, 3.05) is 39.3 Å². The maximum Gasteiger partial charge on any atom is 0.243 e. The lowest BCUT2D eigenvalue weighted by Gasteiger charge is -2.29. The molecule has 0 saturated carbocycles. The number of amides is 1. The summed E-state index contributed by atoms with van der Waals surface area (Å²) in [5, 5.41) is 3.19. The number of carbonyl (C=O) groups is 1. The Kier molecular flexibility index (Phi) is 7.55. The molecule has 1 aromatic carbocycles. The molecule has 1 aliphatic rings. The molecule has 0 bridgehead atoms. The molecule has 6 nitrogen and oxygen atoms in total. The Morgan fingerprint density at radius 2 is 1.81 bits per heavy atom. The van der Waals surface area contributed by atoms with E-state index in [1.54, 1.807) is 4.90 Å². The van der Waals surface area contributed by atoms with Gasteiger partial charge < -0.3 is 10.2 Å². The maximum atomic E-state index is 13.1. The van der Waals surface area contributed by atoms with Gasteiger partial charge >= 0.3 is 0 Å². The first-order valence-corrected chi connectivity index (χ1v) is 10.5. The number of rotatable bonds is 8. The van der Waals surface area contributed by atoms with Crippen LogP contribution in [-0.4, -0.2) is 62.8 Å². The Hall–Kier alpha value is -1.51. The Morgan fingerprint density at radius 3 is 2.38 bits per heavy atom. The van der Waals surface area contributed by atoms with E-state index < -0.39 is 15.8 Å². The van der Waals surface area contributed by atoms with Gasteiger partial charge in [0.25, 0.3) is 0 Å². The largest absolute Gasteiger partial charge is 0.340 e. The topological polar surface area (TPSA) is 69.7 Å². The molecule has 0 radical (unpaired) electrons. The summed E-state index contributed by atoms with van der Waals surface area (Å²) in [6.45, 7) is 7.34. The third kappa shape index (κ3) is 5.75. The predicted molar refractivity (Wildman–Crippen MR) is 98.7 cm³/mol. The van der Waals surface area contributed by atoms with Crippen LogP contribution in [0.4, 0.5) is 4.39 Å². The molecule has 1 aliphatic heterocycles. The summed E-state index contributed by atoms with van der Waals surface area (Å²) < 4.78 is 40.3. The highest BCUT2D eigenvalue weighted by Gasteiger charge is 2.26. The monoisotopic (exact) mass is 385 g/mol. The SMILES string of the molecule is CC(C)CCN(CCC(=O)N1CCNCC1)S(=O)(=O)c1ccc(F)cc1. The smallest absolute Gasteiger partial charge is 0.243 e. The average Bonchev–Trinajstić information content (AvgIpc) is 2.62. The second kappa shape index (κ2) is 9.43. The lowest BCUT2D eigenvalue weighted by Crippen LogP contribution is -2.47. The minimum atomic E-state index is -3.76. The molecular formula is C18H28FN3O3S. The number of halogens is 1. The van der Waals surface area contributed by atoms with E-state index in [4.69, 9.17) is 0 Å². The highest BCUT2D eigenvalue weighted by Crippen LogP contribution is 2.18. The zero-order valence-electron chi connectivity index (χ0n) is 15.4. The fraction of sp³-hybridized carbons (Fsp3) is 0.611. The quantitative estimate of drug-likeness (QED) is 0.739. The van der Waals surface area contributed by atoms with E-state index in [-0.39, 0.29) is 23.8 Å². The van der Waals surface area contributed by atoms with Gasteiger partial charge in [0.15, 0.2) is 0 Å². The van der Waals surface area contributed by atoms with Crippen molar-refractivity contribution in [3.8, 4) is 0 Å². The van der Waals surface area contributed by atoms with Crippen molar-refractivity contribution in [2.24, 2.45) is 5.92 Å². The zero-order valence-corrected chi connectivity index (χ0v) is 16.3. The molecular weight excluding hydrogens is 357 g/mol. The summed E-state index contributed by atoms with van der Waals surface area (Å²) in [5.41, 5.74) is 0. The third-order valence-electron chi connectivity index (χ3n) is 4.45. The summed E-state index contributed by atoms with van der Waals surface area (Å²) in [6.07, 6.45) is 0.848. The van der Waals surface area contributed by atoms with Crippen LogP contribution >= 0.6 is 0 Å². The number of hydrogen-bond acceptors (Lipinski definition) is 4. The summed E-state index contributed by atoms with van der Waals surface area (Å²) in [6, 6.07) is 4.81. The molecule has 146 valence electrons. The van der Waals surface area contributed by atoms with E-state index in [1.807, 2.05) is 13.8 Å². The van der Waals surface area contributed by atoms with Crippen LogP contribution in [-0.2, 0) is 14.8 Å². The molecule has 1 aromatic rings. The van der Waals surface area contributed by atoms with Gasteiger partial charge in [0.05, 0.1) is 4.90 Å². The van der Waals surface area contributed by atoms with Crippen molar-refractivity contribution >= 4 is 15.9 Å². The van der Waals surface area contributed by atoms with Crippen molar-refractivity contribution in [3.63, 3.8) is 0 Å². The molecule has 1 N–H and O–H groups in total. The highest BCUT2D eigenvalue weighted by molar-refractivity contribution is 7.89. The van der Waals surface area contributed by atoms with Crippen LogP contribution < -0.4 is 5.32 Å². The van der Waals surface area contributed by atoms with E-state index in [1.165, 1.54) is 16.4 Å². The standard InChI is InChI=1S/C18H28FN3O3S/c1-15(2)7-11-22(12-8-18(23)21-13-9-20-10-14-21)26(24,25)17-5-3-16(19)4-6-17/h3-6,15,20H,7-14H2,1-2H3. The van der Waals surface area contributed by atoms with E-state index in [0.717, 1.165) is 25.2 Å². The van der Waals surface area contributed by atoms with E-state index in [0.29, 0.717) is 32.0 Å². The van der Waals surface area contributed by atoms with E-state index in [2.05, 4.69) is 5.32 Å². The summed E-state index contributed by atoms with van der Waals surface area (Å²) in [5.74, 6) is -0.174. The Bertz CT molecular complexity index is 686. The van der Waals surface area contributed by atoms with Crippen LogP contribution in [0, 0.1) is 11.7 Å². The van der Waals surface area contributed by atoms with Crippen LogP contribution in [0.2, 0.25) is 0 Å². The molecule has 26 heavy (non-hydrogen) atoms. The number of carbonyl (C=O) groups excluding carboxylic acids is 1. The van der Waals surface area contributed by atoms with Crippen molar-refractivity contribution in [1.29, 1.82) is 0 Å². The van der Waals surface area contributed by atoms with Crippen LogP contribution in [0.3, 0.4) is 0 Å². The van der Waals surface area contributed by atoms with Crippen molar-refractivity contribution < 1.29 is 17.6 Å². The Morgan fingerprint density at radius 1 is 1.19 bits per heavy atom. The van der Waals surface area contributed by atoms with Gasteiger partial charge in [0, 0.05) is 45.7 Å². The molecule has 1 fully saturated rings. The fourth-order valence-corrected chi connectivity index (χ4v) is 4.26. The number of piperazine rings is 1. The molecule has 0 atom stereocenters. The highest BCUT2D eigenvalue weighted by atomic mass is 32.2. The van der Waals surface area contributed by atoms with Crippen molar-refractivity contribution in [2.45, 2.75) is 31.6 Å². The van der Waals surface area contributed by atoms with Gasteiger partial charge in [-0.3, -0.25) is 4.79 Å². The summed E-state index contributed by atoms with van der Waals surface area (Å²) >= 11 is 0. The second-order valence-corrected chi connectivity index (χ2v) is 8.86. The molecule has 1 amide bonds. The molecule has 2 rings (SSSR count). The Labute approximate surface area is 155 Å². The van der Waals surface area contributed by atoms with Crippen LogP contribution in [0.5, 0.6) is 0 Å². The number of nitrogens with one attached hydrogen (secondary N) is 1. The number of sulfonamides is 1. The van der Waals surface area contributed by atoms with E-state index >= 15 is 0 Å². The normalized spacial score (nSPS) is 15.7. The minimum absolute atomic E-state index is 0.0321. The predicted octanol–water partition coefficient (Wildman–Crippen LogP) is 1.68. The molecule has 0 aliphatic carbocycles. The fourth-order valence-electron chi connectivity index (χ4n) is 2.80. The third-order valence-corrected chi connectivity index (χ3v) is 6.36. The lowest BCUT2D eigenvalue weighted by atomic mass is 10.1. The molecule has 0 unspecified atom stereocenters. The molecule has 0 aromatic heterocycles. The first kappa shape index (κ1) is 20.8. The number of benzene rings is 1. The first-order valence-electron chi connectivity index (χ1n) is 9.05. The number of nitrogens with zero attached hydrogens (tertiary/aromatic N) is 2. The van der Waals surface area contributed by atoms with Gasteiger partial charge in [-0.2, -0.15) is 4.31 Å². The van der Waals surface area contributed by atoms with Gasteiger partial charge in [-0.25, -0.2) is 12.8 Å².